The van der Waals surface area contributed by atoms with E-state index in [1.165, 1.54) is 0 Å². The normalized spacial score (nSPS) is 11.5. The molecule has 0 aliphatic rings. The Morgan fingerprint density at radius 2 is 1.75 bits per heavy atom. The van der Waals surface area contributed by atoms with E-state index in [1.54, 1.807) is 0 Å². The van der Waals surface area contributed by atoms with Crippen LogP contribution < -0.4 is 0 Å². The first-order valence-electron chi connectivity index (χ1n) is 5.00. The van der Waals surface area contributed by atoms with Gasteiger partial charge in [0.2, 0.25) is 0 Å². The molecule has 0 radical (unpaired) electrons. The largest absolute Gasteiger partial charge is 0.380 e. The Labute approximate surface area is 76.9 Å². The molecule has 0 spiro atoms. The molecule has 0 aromatic heterocycles. The van der Waals surface area contributed by atoms with Gasteiger partial charge in [-0.15, -0.1) is 0 Å². The van der Waals surface area contributed by atoms with Crippen molar-refractivity contribution in [2.24, 2.45) is 5.92 Å². The van der Waals surface area contributed by atoms with Gasteiger partial charge in [-0.25, -0.2) is 0 Å². The Kier molecular flexibility index (Phi) is 7.51. The lowest BCUT2D eigenvalue weighted by Gasteiger charge is -2.17. The molecule has 0 saturated carbocycles. The Morgan fingerprint density at radius 3 is 2.17 bits per heavy atom. The third kappa shape index (κ3) is 6.62. The Bertz CT molecular complexity index is 89.8. The minimum atomic E-state index is 0.654. The number of ether oxygens (including phenoxy) is 1. The van der Waals surface area contributed by atoms with Crippen LogP contribution in [-0.4, -0.2) is 37.7 Å². The van der Waals surface area contributed by atoms with Gasteiger partial charge in [0.25, 0.3) is 0 Å². The van der Waals surface area contributed by atoms with Crippen molar-refractivity contribution in [3.63, 3.8) is 0 Å². The van der Waals surface area contributed by atoms with Gasteiger partial charge in [-0.1, -0.05) is 27.7 Å². The maximum atomic E-state index is 5.49. The Balaban J connectivity index is 3.17. The molecule has 0 aliphatic carbocycles. The highest BCUT2D eigenvalue weighted by molar-refractivity contribution is 4.50. The van der Waals surface area contributed by atoms with Crippen LogP contribution in [0.4, 0.5) is 0 Å². The van der Waals surface area contributed by atoms with Crippen molar-refractivity contribution in [3.05, 3.63) is 0 Å². The van der Waals surface area contributed by atoms with E-state index in [2.05, 4.69) is 32.6 Å². The van der Waals surface area contributed by atoms with E-state index < -0.39 is 0 Å². The van der Waals surface area contributed by atoms with E-state index in [0.29, 0.717) is 5.92 Å². The molecule has 0 fully saturated rings. The van der Waals surface area contributed by atoms with E-state index in [1.807, 2.05) is 0 Å². The van der Waals surface area contributed by atoms with Crippen LogP contribution in [0.1, 0.15) is 27.7 Å². The zero-order valence-corrected chi connectivity index (χ0v) is 8.97. The lowest BCUT2D eigenvalue weighted by Crippen LogP contribution is -2.27. The predicted octanol–water partition coefficient (Wildman–Crippen LogP) is 2.00. The van der Waals surface area contributed by atoms with Crippen molar-refractivity contribution in [1.82, 2.24) is 4.90 Å². The number of hydrogen-bond acceptors (Lipinski definition) is 2. The van der Waals surface area contributed by atoms with E-state index >= 15 is 0 Å². The molecule has 0 bridgehead atoms. The van der Waals surface area contributed by atoms with Crippen LogP contribution in [-0.2, 0) is 4.74 Å². The molecule has 2 heteroatoms. The third-order valence-corrected chi connectivity index (χ3v) is 1.90. The molecule has 0 aromatic carbocycles. The zero-order chi connectivity index (χ0) is 9.40. The molecule has 0 aliphatic heterocycles. The molecular weight excluding hydrogens is 150 g/mol. The van der Waals surface area contributed by atoms with Gasteiger partial charge in [-0.3, -0.25) is 0 Å². The molecule has 12 heavy (non-hydrogen) atoms. The molecule has 0 atom stereocenters. The fourth-order valence-corrected chi connectivity index (χ4v) is 1.05. The van der Waals surface area contributed by atoms with Gasteiger partial charge in [-0.2, -0.15) is 0 Å². The van der Waals surface area contributed by atoms with Crippen molar-refractivity contribution in [2.75, 3.05) is 32.8 Å². The molecule has 0 heterocycles. The van der Waals surface area contributed by atoms with Gasteiger partial charge in [0.15, 0.2) is 0 Å². The van der Waals surface area contributed by atoms with Crippen LogP contribution >= 0.6 is 0 Å². The summed E-state index contributed by atoms with van der Waals surface area (Å²) in [7, 11) is 0. The first-order valence-corrected chi connectivity index (χ1v) is 5.00. The minimum absolute atomic E-state index is 0.654. The second-order valence-corrected chi connectivity index (χ2v) is 3.50. The van der Waals surface area contributed by atoms with E-state index in [4.69, 9.17) is 4.74 Å². The van der Waals surface area contributed by atoms with E-state index in [0.717, 1.165) is 32.8 Å². The van der Waals surface area contributed by atoms with Crippen LogP contribution in [0, 0.1) is 5.92 Å². The van der Waals surface area contributed by atoms with Crippen molar-refractivity contribution in [2.45, 2.75) is 27.7 Å². The lowest BCUT2D eigenvalue weighted by atomic mass is 10.2. The fraction of sp³-hybridized carbons (Fsp3) is 1.00. The summed E-state index contributed by atoms with van der Waals surface area (Å²) in [4.78, 5) is 2.38. The summed E-state index contributed by atoms with van der Waals surface area (Å²) in [6.45, 7) is 13.8. The molecule has 74 valence electrons. The monoisotopic (exact) mass is 173 g/mol. The smallest absolute Gasteiger partial charge is 0.0593 e. The van der Waals surface area contributed by atoms with Crippen LogP contribution in [0.15, 0.2) is 0 Å². The standard InChI is InChI=1S/C10H23NO/c1-5-11(6-2)7-8-12-9-10(3)4/h10H,5-9H2,1-4H3. The maximum absolute atomic E-state index is 5.49. The Hall–Kier alpha value is -0.0800. The summed E-state index contributed by atoms with van der Waals surface area (Å²) in [6, 6.07) is 0. The van der Waals surface area contributed by atoms with Gasteiger partial charge in [0.1, 0.15) is 0 Å². The average Bonchev–Trinajstić information content (AvgIpc) is 2.04. The molecule has 0 N–H and O–H groups in total. The summed E-state index contributed by atoms with van der Waals surface area (Å²) in [5.74, 6) is 0.654. The van der Waals surface area contributed by atoms with Crippen LogP contribution in [0.5, 0.6) is 0 Å². The van der Waals surface area contributed by atoms with E-state index in [-0.39, 0.29) is 0 Å². The first kappa shape index (κ1) is 11.9. The second-order valence-electron chi connectivity index (χ2n) is 3.50. The number of rotatable bonds is 7. The van der Waals surface area contributed by atoms with Gasteiger partial charge >= 0.3 is 0 Å². The highest BCUT2D eigenvalue weighted by Crippen LogP contribution is 1.93. The van der Waals surface area contributed by atoms with Crippen LogP contribution in [0.25, 0.3) is 0 Å². The molecular formula is C10H23NO. The van der Waals surface area contributed by atoms with E-state index in [9.17, 15) is 0 Å². The summed E-state index contributed by atoms with van der Waals surface area (Å²) in [5, 5.41) is 0. The molecule has 0 saturated heterocycles. The number of hydrogen-bond donors (Lipinski definition) is 0. The minimum Gasteiger partial charge on any atom is -0.380 e. The predicted molar refractivity (Wildman–Crippen MR) is 53.4 cm³/mol. The molecule has 2 nitrogen and oxygen atoms in total. The van der Waals surface area contributed by atoms with Crippen molar-refractivity contribution in [1.29, 1.82) is 0 Å². The van der Waals surface area contributed by atoms with Crippen molar-refractivity contribution in [3.8, 4) is 0 Å². The quantitative estimate of drug-likeness (QED) is 0.546. The first-order chi connectivity index (χ1) is 5.70. The number of likely N-dealkylation sites (N-methyl/N-ethyl adjacent to an activating group) is 1. The topological polar surface area (TPSA) is 12.5 Å². The van der Waals surface area contributed by atoms with Gasteiger partial charge in [-0.05, 0) is 19.0 Å². The summed E-state index contributed by atoms with van der Waals surface area (Å²) in [5.41, 5.74) is 0. The van der Waals surface area contributed by atoms with Crippen molar-refractivity contribution < 1.29 is 4.74 Å². The highest BCUT2D eigenvalue weighted by Gasteiger charge is 1.98. The third-order valence-electron chi connectivity index (χ3n) is 1.90. The molecule has 0 aromatic rings. The van der Waals surface area contributed by atoms with Gasteiger partial charge in [0, 0.05) is 13.2 Å². The highest BCUT2D eigenvalue weighted by atomic mass is 16.5. The van der Waals surface area contributed by atoms with Crippen LogP contribution in [0.2, 0.25) is 0 Å². The Morgan fingerprint density at radius 1 is 1.17 bits per heavy atom. The zero-order valence-electron chi connectivity index (χ0n) is 8.97. The SMILES string of the molecule is CCN(CC)CCOCC(C)C. The molecule has 0 unspecified atom stereocenters. The number of nitrogens with zero attached hydrogens (tertiary/aromatic N) is 1. The summed E-state index contributed by atoms with van der Waals surface area (Å²) >= 11 is 0. The maximum Gasteiger partial charge on any atom is 0.0593 e. The summed E-state index contributed by atoms with van der Waals surface area (Å²) in [6.07, 6.45) is 0. The molecule has 0 rings (SSSR count). The summed E-state index contributed by atoms with van der Waals surface area (Å²) < 4.78 is 5.49. The van der Waals surface area contributed by atoms with Gasteiger partial charge < -0.3 is 9.64 Å². The van der Waals surface area contributed by atoms with Gasteiger partial charge in [0.05, 0.1) is 6.61 Å². The second kappa shape index (κ2) is 7.56. The van der Waals surface area contributed by atoms with Crippen LogP contribution in [0.3, 0.4) is 0 Å². The average molecular weight is 173 g/mol. The lowest BCUT2D eigenvalue weighted by molar-refractivity contribution is 0.0880. The fourth-order valence-electron chi connectivity index (χ4n) is 1.05. The molecule has 0 amide bonds. The van der Waals surface area contributed by atoms with Crippen molar-refractivity contribution >= 4 is 0 Å².